The Kier molecular flexibility index (Phi) is 3.22. The van der Waals surface area contributed by atoms with Crippen LogP contribution in [0.25, 0.3) is 0 Å². The average Bonchev–Trinajstić information content (AvgIpc) is 2.82. The molecular weight excluding hydrogens is 291 g/mol. The van der Waals surface area contributed by atoms with Crippen molar-refractivity contribution in [3.63, 3.8) is 0 Å². The first-order chi connectivity index (χ1) is 9.20. The van der Waals surface area contributed by atoms with Crippen LogP contribution in [0.3, 0.4) is 0 Å². The van der Waals surface area contributed by atoms with Crippen molar-refractivity contribution >= 4 is 23.2 Å². The molecule has 2 fully saturated rings. The monoisotopic (exact) mass is 312 g/mol. The van der Waals surface area contributed by atoms with E-state index < -0.39 is 5.60 Å². The SMILES string of the molecule is CC12CCC(C1)C(C)(C)C2(O)Cc1cc(Cl)ccc1Cl. The molecule has 3 rings (SSSR count). The molecule has 0 radical (unpaired) electrons. The summed E-state index contributed by atoms with van der Waals surface area (Å²) in [6.07, 6.45) is 4.05. The van der Waals surface area contributed by atoms with Gasteiger partial charge in [-0.25, -0.2) is 0 Å². The van der Waals surface area contributed by atoms with Crippen molar-refractivity contribution in [2.45, 2.75) is 52.1 Å². The Balaban J connectivity index is 2.02. The molecule has 1 aromatic rings. The predicted octanol–water partition coefficient (Wildman–Crippen LogP) is 5.11. The van der Waals surface area contributed by atoms with Gasteiger partial charge in [0, 0.05) is 16.5 Å². The normalized spacial score (nSPS) is 38.4. The van der Waals surface area contributed by atoms with Gasteiger partial charge in [0.1, 0.15) is 0 Å². The number of hydrogen-bond acceptors (Lipinski definition) is 1. The van der Waals surface area contributed by atoms with Crippen LogP contribution < -0.4 is 0 Å². The van der Waals surface area contributed by atoms with Crippen LogP contribution in [0.5, 0.6) is 0 Å². The zero-order valence-electron chi connectivity index (χ0n) is 12.3. The van der Waals surface area contributed by atoms with Crippen LogP contribution in [0.15, 0.2) is 18.2 Å². The van der Waals surface area contributed by atoms with Gasteiger partial charge < -0.3 is 5.11 Å². The van der Waals surface area contributed by atoms with Crippen molar-refractivity contribution in [3.05, 3.63) is 33.8 Å². The summed E-state index contributed by atoms with van der Waals surface area (Å²) in [7, 11) is 0. The lowest BCUT2D eigenvalue weighted by atomic mass is 9.58. The topological polar surface area (TPSA) is 20.2 Å². The maximum Gasteiger partial charge on any atom is 0.0795 e. The maximum absolute atomic E-state index is 11.5. The third-order valence-electron chi connectivity index (χ3n) is 6.28. The first-order valence-corrected chi connectivity index (χ1v) is 8.11. The first kappa shape index (κ1) is 14.7. The summed E-state index contributed by atoms with van der Waals surface area (Å²) in [5, 5.41) is 12.9. The molecule has 0 amide bonds. The van der Waals surface area contributed by atoms with Crippen LogP contribution in [0.1, 0.15) is 45.6 Å². The molecule has 3 unspecified atom stereocenters. The third-order valence-corrected chi connectivity index (χ3v) is 6.88. The van der Waals surface area contributed by atoms with Crippen molar-refractivity contribution < 1.29 is 5.11 Å². The van der Waals surface area contributed by atoms with Crippen LogP contribution in [0.2, 0.25) is 10.0 Å². The molecule has 2 saturated carbocycles. The highest BCUT2D eigenvalue weighted by Crippen LogP contribution is 2.68. The highest BCUT2D eigenvalue weighted by atomic mass is 35.5. The van der Waals surface area contributed by atoms with E-state index in [4.69, 9.17) is 23.2 Å². The van der Waals surface area contributed by atoms with Crippen LogP contribution >= 0.6 is 23.2 Å². The van der Waals surface area contributed by atoms with Crippen molar-refractivity contribution in [2.75, 3.05) is 0 Å². The molecular formula is C17H22Cl2O. The molecule has 0 spiro atoms. The Morgan fingerprint density at radius 3 is 2.55 bits per heavy atom. The molecule has 2 aliphatic carbocycles. The van der Waals surface area contributed by atoms with Gasteiger partial charge in [0.2, 0.25) is 0 Å². The van der Waals surface area contributed by atoms with Gasteiger partial charge in [-0.1, -0.05) is 44.0 Å². The first-order valence-electron chi connectivity index (χ1n) is 7.36. The molecule has 20 heavy (non-hydrogen) atoms. The Labute approximate surface area is 131 Å². The van der Waals surface area contributed by atoms with Crippen molar-refractivity contribution in [1.29, 1.82) is 0 Å². The molecule has 2 bridgehead atoms. The highest BCUT2D eigenvalue weighted by Gasteiger charge is 2.68. The molecule has 0 heterocycles. The van der Waals surface area contributed by atoms with Crippen molar-refractivity contribution in [3.8, 4) is 0 Å². The van der Waals surface area contributed by atoms with Gasteiger partial charge in [0.25, 0.3) is 0 Å². The molecule has 1 N–H and O–H groups in total. The number of fused-ring (bicyclic) bond motifs is 2. The molecule has 3 atom stereocenters. The largest absolute Gasteiger partial charge is 0.388 e. The smallest absolute Gasteiger partial charge is 0.0795 e. The zero-order chi connectivity index (χ0) is 14.8. The van der Waals surface area contributed by atoms with E-state index in [2.05, 4.69) is 20.8 Å². The quantitative estimate of drug-likeness (QED) is 0.804. The van der Waals surface area contributed by atoms with Gasteiger partial charge in [-0.2, -0.15) is 0 Å². The van der Waals surface area contributed by atoms with Crippen molar-refractivity contribution in [1.82, 2.24) is 0 Å². The Hall–Kier alpha value is -0.240. The second kappa shape index (κ2) is 4.38. The molecule has 2 aliphatic rings. The highest BCUT2D eigenvalue weighted by molar-refractivity contribution is 6.33. The summed E-state index contributed by atoms with van der Waals surface area (Å²) in [6, 6.07) is 5.52. The van der Waals surface area contributed by atoms with E-state index in [-0.39, 0.29) is 10.8 Å². The summed E-state index contributed by atoms with van der Waals surface area (Å²) in [5.41, 5.74) is 0.166. The van der Waals surface area contributed by atoms with Crippen LogP contribution in [0, 0.1) is 16.7 Å². The van der Waals surface area contributed by atoms with Gasteiger partial charge >= 0.3 is 0 Å². The Bertz CT molecular complexity index is 547. The van der Waals surface area contributed by atoms with E-state index >= 15 is 0 Å². The minimum absolute atomic E-state index is 0.00713. The predicted molar refractivity (Wildman–Crippen MR) is 84.3 cm³/mol. The summed E-state index contributed by atoms with van der Waals surface area (Å²) < 4.78 is 0. The fourth-order valence-corrected chi connectivity index (χ4v) is 5.12. The van der Waals surface area contributed by atoms with E-state index in [9.17, 15) is 5.11 Å². The van der Waals surface area contributed by atoms with E-state index in [1.807, 2.05) is 12.1 Å². The van der Waals surface area contributed by atoms with Crippen molar-refractivity contribution in [2.24, 2.45) is 16.7 Å². The summed E-state index contributed by atoms with van der Waals surface area (Å²) in [5.74, 6) is 0.607. The number of hydrogen-bond donors (Lipinski definition) is 1. The fraction of sp³-hybridized carbons (Fsp3) is 0.647. The van der Waals surface area contributed by atoms with Gasteiger partial charge in [0.05, 0.1) is 5.60 Å². The molecule has 110 valence electrons. The number of rotatable bonds is 2. The Morgan fingerprint density at radius 1 is 1.25 bits per heavy atom. The fourth-order valence-electron chi connectivity index (χ4n) is 4.74. The van der Waals surface area contributed by atoms with E-state index in [1.54, 1.807) is 6.07 Å². The molecule has 0 aromatic heterocycles. The second-order valence-electron chi connectivity index (χ2n) is 7.49. The van der Waals surface area contributed by atoms with Gasteiger partial charge in [-0.05, 0) is 59.8 Å². The summed E-state index contributed by atoms with van der Waals surface area (Å²) in [4.78, 5) is 0. The molecule has 0 saturated heterocycles. The number of aliphatic hydroxyl groups is 1. The molecule has 1 nitrogen and oxygen atoms in total. The van der Waals surface area contributed by atoms with Gasteiger partial charge in [-0.3, -0.25) is 0 Å². The maximum atomic E-state index is 11.5. The van der Waals surface area contributed by atoms with Crippen LogP contribution in [0.4, 0.5) is 0 Å². The molecule has 0 aliphatic heterocycles. The standard InChI is InChI=1S/C17H22Cl2O/c1-15(2)12-6-7-16(3,10-12)17(15,20)9-11-8-13(18)4-5-14(11)19/h4-5,8,12,20H,6-7,9-10H2,1-3H3. The molecule has 3 heteroatoms. The van der Waals surface area contributed by atoms with Crippen LogP contribution in [-0.2, 0) is 6.42 Å². The lowest BCUT2D eigenvalue weighted by molar-refractivity contribution is -0.141. The molecule has 1 aromatic carbocycles. The average molecular weight is 313 g/mol. The van der Waals surface area contributed by atoms with E-state index in [0.29, 0.717) is 22.4 Å². The van der Waals surface area contributed by atoms with Crippen LogP contribution in [-0.4, -0.2) is 10.7 Å². The van der Waals surface area contributed by atoms with Gasteiger partial charge in [-0.15, -0.1) is 0 Å². The minimum Gasteiger partial charge on any atom is -0.388 e. The second-order valence-corrected chi connectivity index (χ2v) is 8.34. The minimum atomic E-state index is -0.711. The zero-order valence-corrected chi connectivity index (χ0v) is 13.9. The van der Waals surface area contributed by atoms with Gasteiger partial charge in [0.15, 0.2) is 0 Å². The number of benzene rings is 1. The third kappa shape index (κ3) is 1.79. The lowest BCUT2D eigenvalue weighted by Gasteiger charge is -2.51. The summed E-state index contributed by atoms with van der Waals surface area (Å²) >= 11 is 12.4. The van der Waals surface area contributed by atoms with E-state index in [0.717, 1.165) is 18.4 Å². The van der Waals surface area contributed by atoms with E-state index in [1.165, 1.54) is 6.42 Å². The number of halogens is 2. The lowest BCUT2D eigenvalue weighted by Crippen LogP contribution is -2.55. The summed E-state index contributed by atoms with van der Waals surface area (Å²) in [6.45, 7) is 6.65. The Morgan fingerprint density at radius 2 is 1.95 bits per heavy atom.